The highest BCUT2D eigenvalue weighted by Gasteiger charge is 2.12. The largest absolute Gasteiger partial charge is 0.476 e. The van der Waals surface area contributed by atoms with E-state index in [-0.39, 0.29) is 0 Å². The smallest absolute Gasteiger partial charge is 0.242 e. The maximum Gasteiger partial charge on any atom is 0.242 e. The number of hydrogen-bond donors (Lipinski definition) is 1. The van der Waals surface area contributed by atoms with Gasteiger partial charge in [-0.05, 0) is 12.8 Å². The Labute approximate surface area is 103 Å². The molecule has 0 radical (unpaired) electrons. The van der Waals surface area contributed by atoms with Crippen molar-refractivity contribution in [2.75, 3.05) is 30.8 Å². The quantitative estimate of drug-likeness (QED) is 0.788. The van der Waals surface area contributed by atoms with E-state index < -0.39 is 0 Å². The second-order valence-electron chi connectivity index (χ2n) is 4.04. The SMILES string of the molecule is CCCCN(C)c1ncnc(OCCC)c1N. The zero-order valence-electron chi connectivity index (χ0n) is 10.9. The van der Waals surface area contributed by atoms with Crippen molar-refractivity contribution >= 4 is 11.5 Å². The summed E-state index contributed by atoms with van der Waals surface area (Å²) < 4.78 is 5.48. The average molecular weight is 238 g/mol. The molecule has 0 amide bonds. The molecule has 0 spiro atoms. The molecule has 5 nitrogen and oxygen atoms in total. The van der Waals surface area contributed by atoms with Crippen LogP contribution in [0.15, 0.2) is 6.33 Å². The van der Waals surface area contributed by atoms with Gasteiger partial charge in [-0.15, -0.1) is 0 Å². The van der Waals surface area contributed by atoms with Gasteiger partial charge in [-0.2, -0.15) is 4.98 Å². The number of anilines is 2. The lowest BCUT2D eigenvalue weighted by Crippen LogP contribution is -2.21. The van der Waals surface area contributed by atoms with Crippen LogP contribution in [-0.4, -0.2) is 30.2 Å². The molecule has 1 aromatic rings. The summed E-state index contributed by atoms with van der Waals surface area (Å²) in [7, 11) is 1.98. The van der Waals surface area contributed by atoms with Gasteiger partial charge in [0.2, 0.25) is 5.88 Å². The summed E-state index contributed by atoms with van der Waals surface area (Å²) in [6.45, 7) is 5.77. The lowest BCUT2D eigenvalue weighted by molar-refractivity contribution is 0.306. The maximum absolute atomic E-state index is 6.01. The molecule has 0 bridgehead atoms. The Hall–Kier alpha value is -1.52. The van der Waals surface area contributed by atoms with Crippen molar-refractivity contribution in [3.05, 3.63) is 6.33 Å². The number of hydrogen-bond acceptors (Lipinski definition) is 5. The normalized spacial score (nSPS) is 10.3. The average Bonchev–Trinajstić information content (AvgIpc) is 2.34. The molecule has 96 valence electrons. The van der Waals surface area contributed by atoms with Gasteiger partial charge in [-0.3, -0.25) is 0 Å². The van der Waals surface area contributed by atoms with Crippen LogP contribution >= 0.6 is 0 Å². The van der Waals surface area contributed by atoms with Crippen molar-refractivity contribution in [3.63, 3.8) is 0 Å². The molecule has 0 saturated carbocycles. The first-order chi connectivity index (χ1) is 8.20. The molecule has 0 atom stereocenters. The van der Waals surface area contributed by atoms with Gasteiger partial charge in [0.15, 0.2) is 5.82 Å². The van der Waals surface area contributed by atoms with Crippen LogP contribution in [0.4, 0.5) is 11.5 Å². The summed E-state index contributed by atoms with van der Waals surface area (Å²) in [4.78, 5) is 10.3. The third-order valence-electron chi connectivity index (χ3n) is 2.48. The zero-order chi connectivity index (χ0) is 12.7. The van der Waals surface area contributed by atoms with Crippen molar-refractivity contribution in [3.8, 4) is 5.88 Å². The minimum absolute atomic E-state index is 0.486. The molecule has 0 aliphatic rings. The molecular formula is C12H22N4O. The van der Waals surface area contributed by atoms with Crippen LogP contribution in [0.2, 0.25) is 0 Å². The van der Waals surface area contributed by atoms with Gasteiger partial charge < -0.3 is 15.4 Å². The van der Waals surface area contributed by atoms with E-state index in [0.29, 0.717) is 18.2 Å². The van der Waals surface area contributed by atoms with Gasteiger partial charge in [-0.1, -0.05) is 20.3 Å². The Morgan fingerprint density at radius 1 is 1.29 bits per heavy atom. The Bertz CT molecular complexity index is 343. The van der Waals surface area contributed by atoms with Crippen LogP contribution in [-0.2, 0) is 0 Å². The predicted octanol–water partition coefficient (Wildman–Crippen LogP) is 2.08. The van der Waals surface area contributed by atoms with E-state index in [2.05, 4.69) is 16.9 Å². The molecule has 0 fully saturated rings. The van der Waals surface area contributed by atoms with Crippen LogP contribution in [0.1, 0.15) is 33.1 Å². The molecule has 0 aliphatic carbocycles. The topological polar surface area (TPSA) is 64.3 Å². The van der Waals surface area contributed by atoms with Crippen LogP contribution in [0.5, 0.6) is 5.88 Å². The van der Waals surface area contributed by atoms with Crippen molar-refractivity contribution in [1.29, 1.82) is 0 Å². The lowest BCUT2D eigenvalue weighted by Gasteiger charge is -2.20. The van der Waals surface area contributed by atoms with Crippen LogP contribution in [0.3, 0.4) is 0 Å². The zero-order valence-corrected chi connectivity index (χ0v) is 10.9. The number of aromatic nitrogens is 2. The van der Waals surface area contributed by atoms with E-state index >= 15 is 0 Å². The van der Waals surface area contributed by atoms with Gasteiger partial charge in [0, 0.05) is 13.6 Å². The molecular weight excluding hydrogens is 216 g/mol. The minimum Gasteiger partial charge on any atom is -0.476 e. The standard InChI is InChI=1S/C12H22N4O/c1-4-6-7-16(3)11-10(13)12(15-9-14-11)17-8-5-2/h9H,4-8,13H2,1-3H3. The summed E-state index contributed by atoms with van der Waals surface area (Å²) in [6.07, 6.45) is 4.70. The Kier molecular flexibility index (Phi) is 5.52. The van der Waals surface area contributed by atoms with Crippen LogP contribution < -0.4 is 15.4 Å². The van der Waals surface area contributed by atoms with Crippen molar-refractivity contribution < 1.29 is 4.74 Å². The van der Waals surface area contributed by atoms with Gasteiger partial charge in [-0.25, -0.2) is 4.98 Å². The summed E-state index contributed by atoms with van der Waals surface area (Å²) in [6, 6.07) is 0. The predicted molar refractivity (Wildman–Crippen MR) is 70.4 cm³/mol. The Balaban J connectivity index is 2.78. The monoisotopic (exact) mass is 238 g/mol. The number of nitrogens with two attached hydrogens (primary N) is 1. The van der Waals surface area contributed by atoms with E-state index in [1.54, 1.807) is 0 Å². The third kappa shape index (κ3) is 3.76. The highest BCUT2D eigenvalue weighted by Crippen LogP contribution is 2.27. The molecule has 1 heterocycles. The molecule has 5 heteroatoms. The summed E-state index contributed by atoms with van der Waals surface area (Å²) >= 11 is 0. The van der Waals surface area contributed by atoms with E-state index in [9.17, 15) is 0 Å². The van der Waals surface area contributed by atoms with Gasteiger partial charge in [0.1, 0.15) is 12.0 Å². The van der Waals surface area contributed by atoms with Gasteiger partial charge in [0.25, 0.3) is 0 Å². The number of nitrogen functional groups attached to an aromatic ring is 1. The van der Waals surface area contributed by atoms with E-state index in [1.807, 2.05) is 18.9 Å². The fourth-order valence-corrected chi connectivity index (χ4v) is 1.49. The van der Waals surface area contributed by atoms with Crippen LogP contribution in [0, 0.1) is 0 Å². The first-order valence-electron chi connectivity index (χ1n) is 6.15. The van der Waals surface area contributed by atoms with Gasteiger partial charge >= 0.3 is 0 Å². The first-order valence-corrected chi connectivity index (χ1v) is 6.15. The van der Waals surface area contributed by atoms with Crippen molar-refractivity contribution in [1.82, 2.24) is 9.97 Å². The second kappa shape index (κ2) is 6.93. The minimum atomic E-state index is 0.486. The Morgan fingerprint density at radius 2 is 2.06 bits per heavy atom. The fraction of sp³-hybridized carbons (Fsp3) is 0.667. The molecule has 0 unspecified atom stereocenters. The fourth-order valence-electron chi connectivity index (χ4n) is 1.49. The number of rotatable bonds is 7. The molecule has 0 aliphatic heterocycles. The van der Waals surface area contributed by atoms with Crippen molar-refractivity contribution in [2.24, 2.45) is 0 Å². The number of ether oxygens (including phenoxy) is 1. The number of unbranched alkanes of at least 4 members (excludes halogenated alkanes) is 1. The molecule has 1 aromatic heterocycles. The second-order valence-corrected chi connectivity index (χ2v) is 4.04. The van der Waals surface area contributed by atoms with Crippen LogP contribution in [0.25, 0.3) is 0 Å². The molecule has 0 saturated heterocycles. The summed E-state index contributed by atoms with van der Waals surface area (Å²) in [5.41, 5.74) is 6.53. The summed E-state index contributed by atoms with van der Waals surface area (Å²) in [5.74, 6) is 1.24. The maximum atomic E-state index is 6.01. The number of nitrogens with zero attached hydrogens (tertiary/aromatic N) is 3. The molecule has 0 aromatic carbocycles. The first kappa shape index (κ1) is 13.5. The Morgan fingerprint density at radius 3 is 2.71 bits per heavy atom. The molecule has 2 N–H and O–H groups in total. The van der Waals surface area contributed by atoms with E-state index in [0.717, 1.165) is 31.6 Å². The molecule has 17 heavy (non-hydrogen) atoms. The van der Waals surface area contributed by atoms with E-state index in [4.69, 9.17) is 10.5 Å². The lowest BCUT2D eigenvalue weighted by atomic mass is 10.3. The molecule has 1 rings (SSSR count). The van der Waals surface area contributed by atoms with E-state index in [1.165, 1.54) is 6.33 Å². The third-order valence-corrected chi connectivity index (χ3v) is 2.48. The summed E-state index contributed by atoms with van der Waals surface area (Å²) in [5, 5.41) is 0. The van der Waals surface area contributed by atoms with Gasteiger partial charge in [0.05, 0.1) is 6.61 Å². The van der Waals surface area contributed by atoms with Crippen molar-refractivity contribution in [2.45, 2.75) is 33.1 Å². The highest BCUT2D eigenvalue weighted by molar-refractivity contribution is 5.67. The highest BCUT2D eigenvalue weighted by atomic mass is 16.5.